The first kappa shape index (κ1) is 14.5. The van der Waals surface area contributed by atoms with E-state index in [2.05, 4.69) is 31.0 Å². The number of aromatic nitrogens is 1. The second-order valence-electron chi connectivity index (χ2n) is 4.94. The van der Waals surface area contributed by atoms with Crippen LogP contribution in [0.5, 0.6) is 11.6 Å². The third-order valence-electron chi connectivity index (χ3n) is 3.40. The van der Waals surface area contributed by atoms with E-state index in [0.717, 1.165) is 30.6 Å². The Labute approximate surface area is 120 Å². The zero-order valence-corrected chi connectivity index (χ0v) is 12.2. The van der Waals surface area contributed by atoms with Crippen molar-refractivity contribution in [3.05, 3.63) is 53.7 Å². The van der Waals surface area contributed by atoms with Crippen LogP contribution in [0.3, 0.4) is 0 Å². The lowest BCUT2D eigenvalue weighted by Gasteiger charge is -2.13. The molecular weight excluding hydrogens is 248 g/mol. The zero-order valence-electron chi connectivity index (χ0n) is 12.2. The van der Waals surface area contributed by atoms with Crippen molar-refractivity contribution in [3.8, 4) is 11.6 Å². The molecule has 0 saturated carbocycles. The third-order valence-corrected chi connectivity index (χ3v) is 3.40. The fourth-order valence-corrected chi connectivity index (χ4v) is 2.00. The zero-order chi connectivity index (χ0) is 14.4. The molecule has 1 heterocycles. The van der Waals surface area contributed by atoms with Gasteiger partial charge in [0.05, 0.1) is 0 Å². The maximum Gasteiger partial charge on any atom is 0.222 e. The summed E-state index contributed by atoms with van der Waals surface area (Å²) in [6, 6.07) is 12.2. The van der Waals surface area contributed by atoms with Crippen LogP contribution in [0.25, 0.3) is 0 Å². The molecule has 106 valence electrons. The number of benzene rings is 1. The van der Waals surface area contributed by atoms with Crippen molar-refractivity contribution in [2.45, 2.75) is 39.2 Å². The number of rotatable bonds is 6. The van der Waals surface area contributed by atoms with Gasteiger partial charge in [-0.25, -0.2) is 4.98 Å². The highest BCUT2D eigenvalue weighted by Crippen LogP contribution is 2.24. The molecule has 1 aromatic carbocycles. The van der Waals surface area contributed by atoms with Gasteiger partial charge in [0.1, 0.15) is 5.75 Å². The fourth-order valence-electron chi connectivity index (χ4n) is 2.00. The molecular formula is C17H22N2O. The predicted octanol–water partition coefficient (Wildman–Crippen LogP) is 3.72. The third kappa shape index (κ3) is 3.81. The Kier molecular flexibility index (Phi) is 5.13. The quantitative estimate of drug-likeness (QED) is 0.870. The normalized spacial score (nSPS) is 12.2. The predicted molar refractivity (Wildman–Crippen MR) is 82.1 cm³/mol. The van der Waals surface area contributed by atoms with Gasteiger partial charge in [-0.3, -0.25) is 0 Å². The monoisotopic (exact) mass is 270 g/mol. The Hall–Kier alpha value is -1.87. The van der Waals surface area contributed by atoms with Gasteiger partial charge in [0.2, 0.25) is 5.88 Å². The summed E-state index contributed by atoms with van der Waals surface area (Å²) < 4.78 is 5.89. The van der Waals surface area contributed by atoms with Crippen LogP contribution in [0.2, 0.25) is 0 Å². The molecule has 0 radical (unpaired) electrons. The lowest BCUT2D eigenvalue weighted by molar-refractivity contribution is 0.452. The van der Waals surface area contributed by atoms with Crippen molar-refractivity contribution >= 4 is 0 Å². The van der Waals surface area contributed by atoms with E-state index in [4.69, 9.17) is 10.5 Å². The summed E-state index contributed by atoms with van der Waals surface area (Å²) in [6.45, 7) is 4.23. The van der Waals surface area contributed by atoms with E-state index in [-0.39, 0.29) is 6.04 Å². The average Bonchev–Trinajstić information content (AvgIpc) is 2.50. The van der Waals surface area contributed by atoms with Crippen LogP contribution in [0.15, 0.2) is 42.6 Å². The molecule has 0 spiro atoms. The molecule has 0 bridgehead atoms. The SMILES string of the molecule is CCc1ccc(Oc2ncccc2CC(N)CC)cc1. The molecule has 3 nitrogen and oxygen atoms in total. The molecule has 2 aromatic rings. The Bertz CT molecular complexity index is 537. The lowest BCUT2D eigenvalue weighted by atomic mass is 10.1. The van der Waals surface area contributed by atoms with Gasteiger partial charge in [0, 0.05) is 17.8 Å². The average molecular weight is 270 g/mol. The van der Waals surface area contributed by atoms with Gasteiger partial charge in [0.25, 0.3) is 0 Å². The molecule has 1 atom stereocenters. The van der Waals surface area contributed by atoms with Gasteiger partial charge in [0.15, 0.2) is 0 Å². The summed E-state index contributed by atoms with van der Waals surface area (Å²) in [7, 11) is 0. The van der Waals surface area contributed by atoms with Crippen LogP contribution in [-0.2, 0) is 12.8 Å². The van der Waals surface area contributed by atoms with Gasteiger partial charge in [-0.15, -0.1) is 0 Å². The summed E-state index contributed by atoms with van der Waals surface area (Å²) in [5.74, 6) is 1.47. The summed E-state index contributed by atoms with van der Waals surface area (Å²) in [5.41, 5.74) is 8.38. The van der Waals surface area contributed by atoms with Gasteiger partial charge in [-0.2, -0.15) is 0 Å². The van der Waals surface area contributed by atoms with Gasteiger partial charge >= 0.3 is 0 Å². The fraction of sp³-hybridized carbons (Fsp3) is 0.353. The molecule has 0 amide bonds. The van der Waals surface area contributed by atoms with Crippen molar-refractivity contribution in [2.24, 2.45) is 5.73 Å². The number of hydrogen-bond donors (Lipinski definition) is 1. The van der Waals surface area contributed by atoms with Gasteiger partial charge in [-0.1, -0.05) is 32.0 Å². The maximum atomic E-state index is 6.02. The van der Waals surface area contributed by atoms with Crippen LogP contribution in [-0.4, -0.2) is 11.0 Å². The van der Waals surface area contributed by atoms with Crippen molar-refractivity contribution < 1.29 is 4.74 Å². The van der Waals surface area contributed by atoms with Gasteiger partial charge < -0.3 is 10.5 Å². The molecule has 0 aliphatic carbocycles. The van der Waals surface area contributed by atoms with Crippen LogP contribution < -0.4 is 10.5 Å². The first-order valence-corrected chi connectivity index (χ1v) is 7.19. The molecule has 0 saturated heterocycles. The second kappa shape index (κ2) is 7.06. The van der Waals surface area contributed by atoms with E-state index in [0.29, 0.717) is 5.88 Å². The van der Waals surface area contributed by atoms with Crippen LogP contribution in [0.4, 0.5) is 0 Å². The van der Waals surface area contributed by atoms with E-state index in [1.165, 1.54) is 5.56 Å². The number of hydrogen-bond acceptors (Lipinski definition) is 3. The molecule has 0 aliphatic rings. The minimum absolute atomic E-state index is 0.143. The summed E-state index contributed by atoms with van der Waals surface area (Å²) in [4.78, 5) is 4.33. The number of pyridine rings is 1. The van der Waals surface area contributed by atoms with Crippen LogP contribution in [0, 0.1) is 0 Å². The Morgan fingerprint density at radius 3 is 2.55 bits per heavy atom. The topological polar surface area (TPSA) is 48.1 Å². The molecule has 0 fully saturated rings. The summed E-state index contributed by atoms with van der Waals surface area (Å²) in [6.07, 6.45) is 4.50. The molecule has 20 heavy (non-hydrogen) atoms. The molecule has 1 unspecified atom stereocenters. The summed E-state index contributed by atoms with van der Waals surface area (Å²) in [5, 5.41) is 0. The standard InChI is InChI=1S/C17H22N2O/c1-3-13-7-9-16(10-8-13)20-17-14(6-5-11-19-17)12-15(18)4-2/h5-11,15H,3-4,12,18H2,1-2H3. The summed E-state index contributed by atoms with van der Waals surface area (Å²) >= 11 is 0. The largest absolute Gasteiger partial charge is 0.439 e. The van der Waals surface area contributed by atoms with Crippen molar-refractivity contribution in [3.63, 3.8) is 0 Å². The number of nitrogens with zero attached hydrogens (tertiary/aromatic N) is 1. The van der Waals surface area contributed by atoms with E-state index in [1.54, 1.807) is 6.20 Å². The van der Waals surface area contributed by atoms with Crippen LogP contribution in [0.1, 0.15) is 31.4 Å². The molecule has 0 aliphatic heterocycles. The minimum Gasteiger partial charge on any atom is -0.439 e. The van der Waals surface area contributed by atoms with Gasteiger partial charge in [-0.05, 0) is 43.0 Å². The Morgan fingerprint density at radius 1 is 1.15 bits per heavy atom. The van der Waals surface area contributed by atoms with Crippen LogP contribution >= 0.6 is 0 Å². The van der Waals surface area contributed by atoms with E-state index in [1.807, 2.05) is 24.3 Å². The Balaban J connectivity index is 2.15. The minimum atomic E-state index is 0.143. The van der Waals surface area contributed by atoms with Crippen molar-refractivity contribution in [1.82, 2.24) is 4.98 Å². The lowest BCUT2D eigenvalue weighted by Crippen LogP contribution is -2.21. The molecule has 1 aromatic heterocycles. The highest BCUT2D eigenvalue weighted by molar-refractivity contribution is 5.34. The maximum absolute atomic E-state index is 6.02. The number of aryl methyl sites for hydroxylation is 1. The van der Waals surface area contributed by atoms with Crippen molar-refractivity contribution in [1.29, 1.82) is 0 Å². The molecule has 2 rings (SSSR count). The smallest absolute Gasteiger partial charge is 0.222 e. The van der Waals surface area contributed by atoms with E-state index < -0.39 is 0 Å². The highest BCUT2D eigenvalue weighted by atomic mass is 16.5. The first-order valence-electron chi connectivity index (χ1n) is 7.19. The highest BCUT2D eigenvalue weighted by Gasteiger charge is 2.09. The molecule has 2 N–H and O–H groups in total. The van der Waals surface area contributed by atoms with E-state index >= 15 is 0 Å². The van der Waals surface area contributed by atoms with Crippen molar-refractivity contribution in [2.75, 3.05) is 0 Å². The number of nitrogens with two attached hydrogens (primary N) is 1. The first-order chi connectivity index (χ1) is 9.72. The van der Waals surface area contributed by atoms with E-state index in [9.17, 15) is 0 Å². The Morgan fingerprint density at radius 2 is 1.90 bits per heavy atom. The number of ether oxygens (including phenoxy) is 1. The molecule has 3 heteroatoms. The second-order valence-corrected chi connectivity index (χ2v) is 4.94.